The van der Waals surface area contributed by atoms with Gasteiger partial charge in [0.05, 0.1) is 25.2 Å². The van der Waals surface area contributed by atoms with Crippen LogP contribution in [-0.4, -0.2) is 13.1 Å². The van der Waals surface area contributed by atoms with Gasteiger partial charge in [-0.1, -0.05) is 42.5 Å². The topological polar surface area (TPSA) is 62.1 Å². The van der Waals surface area contributed by atoms with E-state index >= 15 is 0 Å². The molecule has 0 aliphatic heterocycles. The van der Waals surface area contributed by atoms with Crippen LogP contribution in [0.3, 0.4) is 0 Å². The Morgan fingerprint density at radius 3 is 2.45 bits per heavy atom. The molecule has 0 aliphatic carbocycles. The standard InChI is InChI=1S/C18H18N2O2/c1-22-18(21)11-17(16-9-7-14(12-19)8-10-16)20-13-15-5-3-2-4-6-15/h2-10,17,20H,11,13H2,1H3. The number of hydrogen-bond acceptors (Lipinski definition) is 4. The molecule has 0 heterocycles. The van der Waals surface area contributed by atoms with Crippen LogP contribution in [0.25, 0.3) is 0 Å². The summed E-state index contributed by atoms with van der Waals surface area (Å²) in [6.07, 6.45) is 0.245. The van der Waals surface area contributed by atoms with E-state index in [1.54, 1.807) is 12.1 Å². The fourth-order valence-corrected chi connectivity index (χ4v) is 2.18. The highest BCUT2D eigenvalue weighted by atomic mass is 16.5. The van der Waals surface area contributed by atoms with Crippen molar-refractivity contribution in [3.05, 3.63) is 71.3 Å². The van der Waals surface area contributed by atoms with E-state index in [1.165, 1.54) is 7.11 Å². The van der Waals surface area contributed by atoms with Crippen LogP contribution >= 0.6 is 0 Å². The summed E-state index contributed by atoms with van der Waals surface area (Å²) in [7, 11) is 1.38. The normalized spacial score (nSPS) is 11.5. The first kappa shape index (κ1) is 15.7. The maximum Gasteiger partial charge on any atom is 0.307 e. The molecule has 4 nitrogen and oxygen atoms in total. The summed E-state index contributed by atoms with van der Waals surface area (Å²) in [6.45, 7) is 0.655. The van der Waals surface area contributed by atoms with Gasteiger partial charge in [0, 0.05) is 12.6 Å². The Labute approximate surface area is 130 Å². The second-order valence-electron chi connectivity index (χ2n) is 4.93. The highest BCUT2D eigenvalue weighted by molar-refractivity contribution is 5.70. The van der Waals surface area contributed by atoms with Crippen LogP contribution in [0.2, 0.25) is 0 Å². The predicted molar refractivity (Wildman–Crippen MR) is 83.8 cm³/mol. The molecule has 1 N–H and O–H groups in total. The molecule has 1 atom stereocenters. The van der Waals surface area contributed by atoms with Gasteiger partial charge in [0.1, 0.15) is 0 Å². The zero-order chi connectivity index (χ0) is 15.8. The quantitative estimate of drug-likeness (QED) is 0.832. The lowest BCUT2D eigenvalue weighted by atomic mass is 10.0. The molecule has 0 saturated carbocycles. The summed E-state index contributed by atoms with van der Waals surface area (Å²) in [5.74, 6) is -0.269. The van der Waals surface area contributed by atoms with Gasteiger partial charge in [0.15, 0.2) is 0 Å². The number of nitrogens with zero attached hydrogens (tertiary/aromatic N) is 1. The molecule has 2 rings (SSSR count). The molecule has 112 valence electrons. The Morgan fingerprint density at radius 1 is 1.18 bits per heavy atom. The fraction of sp³-hybridized carbons (Fsp3) is 0.222. The first-order valence-electron chi connectivity index (χ1n) is 7.07. The summed E-state index contributed by atoms with van der Waals surface area (Å²) in [6, 6.07) is 19.2. The number of esters is 1. The van der Waals surface area contributed by atoms with E-state index in [0.29, 0.717) is 12.1 Å². The summed E-state index contributed by atoms with van der Waals surface area (Å²) >= 11 is 0. The molecule has 0 bridgehead atoms. The Morgan fingerprint density at radius 2 is 1.86 bits per heavy atom. The van der Waals surface area contributed by atoms with E-state index < -0.39 is 0 Å². The van der Waals surface area contributed by atoms with Crippen molar-refractivity contribution in [1.29, 1.82) is 5.26 Å². The average Bonchev–Trinajstić information content (AvgIpc) is 2.59. The lowest BCUT2D eigenvalue weighted by Gasteiger charge is -2.18. The molecule has 2 aromatic rings. The Kier molecular flexibility index (Phi) is 5.70. The van der Waals surface area contributed by atoms with Crippen molar-refractivity contribution in [2.75, 3.05) is 7.11 Å². The Hall–Kier alpha value is -2.64. The number of nitrogens with one attached hydrogen (secondary N) is 1. The largest absolute Gasteiger partial charge is 0.469 e. The summed E-state index contributed by atoms with van der Waals surface area (Å²) in [5, 5.41) is 12.2. The first-order valence-corrected chi connectivity index (χ1v) is 7.07. The van der Waals surface area contributed by atoms with Crippen LogP contribution in [0.15, 0.2) is 54.6 Å². The maximum atomic E-state index is 11.6. The lowest BCUT2D eigenvalue weighted by molar-refractivity contribution is -0.141. The monoisotopic (exact) mass is 294 g/mol. The van der Waals surface area contributed by atoms with Crippen LogP contribution in [-0.2, 0) is 16.1 Å². The third kappa shape index (κ3) is 4.44. The van der Waals surface area contributed by atoms with Gasteiger partial charge in [-0.05, 0) is 23.3 Å². The van der Waals surface area contributed by atoms with Crippen molar-refractivity contribution in [3.63, 3.8) is 0 Å². The molecular weight excluding hydrogens is 276 g/mol. The van der Waals surface area contributed by atoms with Gasteiger partial charge >= 0.3 is 5.97 Å². The summed E-state index contributed by atoms with van der Waals surface area (Å²) in [4.78, 5) is 11.6. The fourth-order valence-electron chi connectivity index (χ4n) is 2.18. The minimum atomic E-state index is -0.269. The highest BCUT2D eigenvalue weighted by Gasteiger charge is 2.16. The summed E-state index contributed by atoms with van der Waals surface area (Å²) in [5.41, 5.74) is 2.70. The van der Waals surface area contributed by atoms with Gasteiger partial charge in [-0.3, -0.25) is 4.79 Å². The zero-order valence-electron chi connectivity index (χ0n) is 12.5. The van der Waals surface area contributed by atoms with Crippen LogP contribution in [0.4, 0.5) is 0 Å². The van der Waals surface area contributed by atoms with Gasteiger partial charge in [0.25, 0.3) is 0 Å². The number of rotatable bonds is 6. The van der Waals surface area contributed by atoms with Crippen LogP contribution in [0.5, 0.6) is 0 Å². The molecule has 0 radical (unpaired) electrons. The molecular formula is C18H18N2O2. The van der Waals surface area contributed by atoms with Crippen molar-refractivity contribution in [2.45, 2.75) is 19.0 Å². The third-order valence-electron chi connectivity index (χ3n) is 3.44. The number of nitriles is 1. The van der Waals surface area contributed by atoms with E-state index in [4.69, 9.17) is 10.00 Å². The van der Waals surface area contributed by atoms with Gasteiger partial charge in [-0.15, -0.1) is 0 Å². The number of ether oxygens (including phenoxy) is 1. The number of benzene rings is 2. The minimum Gasteiger partial charge on any atom is -0.469 e. The van der Waals surface area contributed by atoms with Gasteiger partial charge < -0.3 is 10.1 Å². The molecule has 2 aromatic carbocycles. The van der Waals surface area contributed by atoms with Gasteiger partial charge in [-0.2, -0.15) is 5.26 Å². The van der Waals surface area contributed by atoms with E-state index in [-0.39, 0.29) is 18.4 Å². The Balaban J connectivity index is 2.11. The molecule has 0 fully saturated rings. The molecule has 22 heavy (non-hydrogen) atoms. The third-order valence-corrected chi connectivity index (χ3v) is 3.44. The zero-order valence-corrected chi connectivity index (χ0v) is 12.5. The van der Waals surface area contributed by atoms with E-state index in [2.05, 4.69) is 11.4 Å². The summed E-state index contributed by atoms with van der Waals surface area (Å²) < 4.78 is 4.77. The van der Waals surface area contributed by atoms with E-state index in [1.807, 2.05) is 42.5 Å². The predicted octanol–water partition coefficient (Wildman–Crippen LogP) is 2.95. The number of methoxy groups -OCH3 is 1. The van der Waals surface area contributed by atoms with Crippen molar-refractivity contribution >= 4 is 5.97 Å². The van der Waals surface area contributed by atoms with Crippen molar-refractivity contribution in [1.82, 2.24) is 5.32 Å². The molecule has 0 spiro atoms. The second-order valence-corrected chi connectivity index (χ2v) is 4.93. The molecule has 4 heteroatoms. The molecule has 0 amide bonds. The second kappa shape index (κ2) is 7.96. The highest BCUT2D eigenvalue weighted by Crippen LogP contribution is 2.19. The van der Waals surface area contributed by atoms with Crippen molar-refractivity contribution in [3.8, 4) is 6.07 Å². The average molecular weight is 294 g/mol. The minimum absolute atomic E-state index is 0.152. The molecule has 0 aromatic heterocycles. The van der Waals surface area contributed by atoms with Crippen molar-refractivity contribution in [2.24, 2.45) is 0 Å². The van der Waals surface area contributed by atoms with E-state index in [9.17, 15) is 4.79 Å². The van der Waals surface area contributed by atoms with Crippen LogP contribution in [0.1, 0.15) is 29.2 Å². The number of carbonyl (C=O) groups is 1. The maximum absolute atomic E-state index is 11.6. The number of carbonyl (C=O) groups excluding carboxylic acids is 1. The number of hydrogen-bond donors (Lipinski definition) is 1. The van der Waals surface area contributed by atoms with Gasteiger partial charge in [0.2, 0.25) is 0 Å². The van der Waals surface area contributed by atoms with Crippen LogP contribution < -0.4 is 5.32 Å². The lowest BCUT2D eigenvalue weighted by Crippen LogP contribution is -2.24. The molecule has 1 unspecified atom stereocenters. The van der Waals surface area contributed by atoms with Crippen molar-refractivity contribution < 1.29 is 9.53 Å². The molecule has 0 aliphatic rings. The first-order chi connectivity index (χ1) is 10.7. The van der Waals surface area contributed by atoms with Gasteiger partial charge in [-0.25, -0.2) is 0 Å². The molecule has 0 saturated heterocycles. The van der Waals surface area contributed by atoms with Crippen LogP contribution in [0, 0.1) is 11.3 Å². The van der Waals surface area contributed by atoms with E-state index in [0.717, 1.165) is 11.1 Å². The SMILES string of the molecule is COC(=O)CC(NCc1ccccc1)c1ccc(C#N)cc1. The Bertz CT molecular complexity index is 645. The smallest absolute Gasteiger partial charge is 0.307 e.